The maximum Gasteiger partial charge on any atom is 0.586 e. The summed E-state index contributed by atoms with van der Waals surface area (Å²) in [4.78, 5) is 10.5. The lowest BCUT2D eigenvalue weighted by Crippen LogP contribution is -2.26. The summed E-state index contributed by atoms with van der Waals surface area (Å²) in [5.41, 5.74) is 1.18. The highest BCUT2D eigenvalue weighted by molar-refractivity contribution is 5.78. The van der Waals surface area contributed by atoms with Crippen LogP contribution in [0.25, 0.3) is 11.1 Å². The fourth-order valence-electron chi connectivity index (χ4n) is 2.87. The molecule has 0 spiro atoms. The number of aliphatic carboxylic acids is 1. The van der Waals surface area contributed by atoms with Crippen LogP contribution in [0.2, 0.25) is 0 Å². The smallest absolute Gasteiger partial charge is 0.481 e. The minimum atomic E-state index is -3.72. The molecule has 0 amide bonds. The third kappa shape index (κ3) is 3.77. The number of rotatable bonds is 7. The molecule has 1 N–H and O–H groups in total. The molecule has 1 aromatic carbocycles. The van der Waals surface area contributed by atoms with Crippen molar-refractivity contribution in [3.63, 3.8) is 0 Å². The molecule has 1 aliphatic rings. The lowest BCUT2D eigenvalue weighted by Gasteiger charge is -2.06. The number of nitriles is 1. The van der Waals surface area contributed by atoms with Crippen molar-refractivity contribution in [3.05, 3.63) is 36.2 Å². The Labute approximate surface area is 148 Å². The molecule has 136 valence electrons. The van der Waals surface area contributed by atoms with Crippen LogP contribution in [-0.4, -0.2) is 21.9 Å². The van der Waals surface area contributed by atoms with Crippen LogP contribution < -0.4 is 9.47 Å². The molecule has 2 heterocycles. The van der Waals surface area contributed by atoms with Crippen molar-refractivity contribution in [1.82, 2.24) is 4.57 Å². The van der Waals surface area contributed by atoms with Crippen LogP contribution in [0.15, 0.2) is 30.6 Å². The second kappa shape index (κ2) is 7.04. The SMILES string of the molecule is N#Cc1cn(CCCCCC(=O)O)cc1-c1cccc2c1OC(F)(F)O2. The van der Waals surface area contributed by atoms with Crippen molar-refractivity contribution in [1.29, 1.82) is 5.26 Å². The summed E-state index contributed by atoms with van der Waals surface area (Å²) >= 11 is 0. The Morgan fingerprint density at radius 1 is 1.19 bits per heavy atom. The number of unbranched alkanes of at least 4 members (excludes halogenated alkanes) is 2. The first kappa shape index (κ1) is 17.7. The van der Waals surface area contributed by atoms with E-state index in [0.29, 0.717) is 29.7 Å². The molecule has 0 radical (unpaired) electrons. The second-order valence-electron chi connectivity index (χ2n) is 5.94. The quantitative estimate of drug-likeness (QED) is 0.753. The van der Waals surface area contributed by atoms with Crippen molar-refractivity contribution >= 4 is 5.97 Å². The van der Waals surface area contributed by atoms with E-state index in [0.717, 1.165) is 12.8 Å². The van der Waals surface area contributed by atoms with Crippen LogP contribution in [-0.2, 0) is 11.3 Å². The zero-order valence-corrected chi connectivity index (χ0v) is 13.7. The highest BCUT2D eigenvalue weighted by Crippen LogP contribution is 2.47. The highest BCUT2D eigenvalue weighted by atomic mass is 19.3. The molecule has 0 atom stereocenters. The predicted octanol–water partition coefficient (Wildman–Crippen LogP) is 3.99. The van der Waals surface area contributed by atoms with Gasteiger partial charge in [-0.2, -0.15) is 5.26 Å². The molecular weight excluding hydrogens is 346 g/mol. The van der Waals surface area contributed by atoms with Crippen molar-refractivity contribution in [2.75, 3.05) is 0 Å². The van der Waals surface area contributed by atoms with Gasteiger partial charge in [-0.15, -0.1) is 8.78 Å². The number of carboxylic acids is 1. The topological polar surface area (TPSA) is 84.5 Å². The van der Waals surface area contributed by atoms with E-state index in [-0.39, 0.29) is 17.9 Å². The number of fused-ring (bicyclic) bond motifs is 1. The normalized spacial score (nSPS) is 14.2. The summed E-state index contributed by atoms with van der Waals surface area (Å²) in [5, 5.41) is 18.0. The van der Waals surface area contributed by atoms with Gasteiger partial charge in [-0.05, 0) is 18.9 Å². The number of benzene rings is 1. The molecule has 8 heteroatoms. The fourth-order valence-corrected chi connectivity index (χ4v) is 2.87. The first-order valence-electron chi connectivity index (χ1n) is 8.10. The van der Waals surface area contributed by atoms with Crippen LogP contribution in [0.5, 0.6) is 11.5 Å². The Morgan fingerprint density at radius 2 is 2.00 bits per heavy atom. The van der Waals surface area contributed by atoms with Crippen molar-refractivity contribution in [2.45, 2.75) is 38.5 Å². The van der Waals surface area contributed by atoms with Gasteiger partial charge in [-0.3, -0.25) is 4.79 Å². The number of hydrogen-bond donors (Lipinski definition) is 1. The molecule has 6 nitrogen and oxygen atoms in total. The van der Waals surface area contributed by atoms with E-state index >= 15 is 0 Å². The van der Waals surface area contributed by atoms with Gasteiger partial charge in [0.05, 0.1) is 5.56 Å². The first-order valence-corrected chi connectivity index (χ1v) is 8.10. The Morgan fingerprint density at radius 3 is 2.73 bits per heavy atom. The predicted molar refractivity (Wildman–Crippen MR) is 86.9 cm³/mol. The molecule has 2 aromatic rings. The van der Waals surface area contributed by atoms with Crippen LogP contribution in [0, 0.1) is 11.3 Å². The molecule has 1 aromatic heterocycles. The van der Waals surface area contributed by atoms with Gasteiger partial charge in [0.2, 0.25) is 0 Å². The Bertz CT molecular complexity index is 871. The number of carboxylic acid groups (broad SMARTS) is 1. The van der Waals surface area contributed by atoms with Gasteiger partial charge in [0.1, 0.15) is 6.07 Å². The molecule has 0 saturated carbocycles. The van der Waals surface area contributed by atoms with E-state index in [1.807, 2.05) is 0 Å². The fraction of sp³-hybridized carbons (Fsp3) is 0.333. The molecule has 0 bridgehead atoms. The Kier molecular flexibility index (Phi) is 4.80. The maximum absolute atomic E-state index is 13.4. The number of carbonyl (C=O) groups is 1. The summed E-state index contributed by atoms with van der Waals surface area (Å²) in [5.74, 6) is -0.983. The summed E-state index contributed by atoms with van der Waals surface area (Å²) in [6, 6.07) is 6.59. The first-order chi connectivity index (χ1) is 12.4. The number of alkyl halides is 2. The lowest BCUT2D eigenvalue weighted by atomic mass is 10.0. The van der Waals surface area contributed by atoms with Gasteiger partial charge in [0.25, 0.3) is 0 Å². The third-order valence-electron chi connectivity index (χ3n) is 4.03. The summed E-state index contributed by atoms with van der Waals surface area (Å²) < 4.78 is 37.6. The van der Waals surface area contributed by atoms with Crippen molar-refractivity contribution in [3.8, 4) is 28.7 Å². The van der Waals surface area contributed by atoms with Crippen LogP contribution >= 0.6 is 0 Å². The van der Waals surface area contributed by atoms with Crippen LogP contribution in [0.3, 0.4) is 0 Å². The number of hydrogen-bond acceptors (Lipinski definition) is 4. The number of nitrogens with zero attached hydrogens (tertiary/aromatic N) is 2. The molecule has 0 aliphatic carbocycles. The van der Waals surface area contributed by atoms with Gasteiger partial charge < -0.3 is 19.1 Å². The zero-order valence-electron chi connectivity index (χ0n) is 13.7. The monoisotopic (exact) mass is 362 g/mol. The minimum absolute atomic E-state index is 0.0715. The molecule has 0 unspecified atom stereocenters. The van der Waals surface area contributed by atoms with E-state index in [9.17, 15) is 18.8 Å². The Balaban J connectivity index is 1.78. The van der Waals surface area contributed by atoms with E-state index in [1.54, 1.807) is 29.1 Å². The molecule has 0 saturated heterocycles. The lowest BCUT2D eigenvalue weighted by molar-refractivity contribution is -0.286. The largest absolute Gasteiger partial charge is 0.586 e. The van der Waals surface area contributed by atoms with Gasteiger partial charge in [-0.1, -0.05) is 18.6 Å². The van der Waals surface area contributed by atoms with E-state index in [1.165, 1.54) is 6.07 Å². The van der Waals surface area contributed by atoms with Gasteiger partial charge in [0.15, 0.2) is 11.5 Å². The average Bonchev–Trinajstić information content (AvgIpc) is 3.12. The average molecular weight is 362 g/mol. The zero-order chi connectivity index (χ0) is 18.7. The second-order valence-corrected chi connectivity index (χ2v) is 5.94. The standard InChI is InChI=1S/C18H16F2N2O4/c19-18(20)25-15-6-4-5-13(17(15)26-18)14-11-22(10-12(14)9-21)8-3-1-2-7-16(23)24/h4-6,10-11H,1-3,7-8H2,(H,23,24). The van der Waals surface area contributed by atoms with E-state index in [2.05, 4.69) is 15.5 Å². The number of aryl methyl sites for hydroxylation is 1. The van der Waals surface area contributed by atoms with Crippen molar-refractivity contribution in [2.24, 2.45) is 0 Å². The van der Waals surface area contributed by atoms with Crippen LogP contribution in [0.1, 0.15) is 31.2 Å². The van der Waals surface area contributed by atoms with Gasteiger partial charge in [-0.25, -0.2) is 0 Å². The van der Waals surface area contributed by atoms with Crippen molar-refractivity contribution < 1.29 is 28.2 Å². The summed E-state index contributed by atoms with van der Waals surface area (Å²) in [7, 11) is 0. The summed E-state index contributed by atoms with van der Waals surface area (Å²) in [6.45, 7) is 0.594. The number of ether oxygens (including phenoxy) is 2. The molecule has 3 rings (SSSR count). The molecular formula is C18H16F2N2O4. The number of aromatic nitrogens is 1. The van der Waals surface area contributed by atoms with E-state index < -0.39 is 12.3 Å². The molecule has 26 heavy (non-hydrogen) atoms. The highest BCUT2D eigenvalue weighted by Gasteiger charge is 2.44. The van der Waals surface area contributed by atoms with Gasteiger partial charge >= 0.3 is 12.3 Å². The Hall–Kier alpha value is -3.08. The van der Waals surface area contributed by atoms with Crippen LogP contribution in [0.4, 0.5) is 8.78 Å². The minimum Gasteiger partial charge on any atom is -0.481 e. The third-order valence-corrected chi connectivity index (χ3v) is 4.03. The number of para-hydroxylation sites is 1. The molecule has 1 aliphatic heterocycles. The summed E-state index contributed by atoms with van der Waals surface area (Å²) in [6.07, 6.45) is 1.81. The van der Waals surface area contributed by atoms with Gasteiger partial charge in [0, 0.05) is 36.5 Å². The number of halogens is 2. The maximum atomic E-state index is 13.4. The molecule has 0 fully saturated rings. The van der Waals surface area contributed by atoms with E-state index in [4.69, 9.17) is 5.11 Å².